The molecule has 0 unspecified atom stereocenters. The number of hydrazone groups is 1. The second kappa shape index (κ2) is 6.79. The van der Waals surface area contributed by atoms with Gasteiger partial charge in [0.05, 0.1) is 0 Å². The molecule has 1 atom stereocenters. The summed E-state index contributed by atoms with van der Waals surface area (Å²) in [4.78, 5) is 0. The van der Waals surface area contributed by atoms with Crippen molar-refractivity contribution in [3.8, 4) is 0 Å². The molecule has 0 aliphatic rings. The number of nitrogens with two attached hydrogens (primary N) is 1. The van der Waals surface area contributed by atoms with E-state index >= 15 is 0 Å². The van der Waals surface area contributed by atoms with Gasteiger partial charge in [-0.05, 0) is 17.8 Å². The molecule has 2 aromatic rings. The van der Waals surface area contributed by atoms with E-state index in [9.17, 15) is 5.11 Å². The van der Waals surface area contributed by atoms with Crippen LogP contribution >= 0.6 is 12.2 Å². The largest absolute Gasteiger partial charge is 0.382 e. The monoisotopic (exact) mass is 285 g/mol. The van der Waals surface area contributed by atoms with Crippen LogP contribution in [0.25, 0.3) is 0 Å². The second-order valence-electron chi connectivity index (χ2n) is 4.15. The molecule has 0 saturated heterocycles. The predicted octanol–water partition coefficient (Wildman–Crippen LogP) is 1.96. The van der Waals surface area contributed by atoms with Crippen LogP contribution in [0, 0.1) is 0 Å². The highest BCUT2D eigenvalue weighted by Crippen LogP contribution is 2.18. The lowest BCUT2D eigenvalue weighted by molar-refractivity contribution is 0.247. The van der Waals surface area contributed by atoms with Crippen LogP contribution in [0.2, 0.25) is 0 Å². The molecule has 4 N–H and O–H groups in total. The molecule has 102 valence electrons. The Labute approximate surface area is 122 Å². The fraction of sp³-hybridized carbons (Fsp3) is 0.0667. The van der Waals surface area contributed by atoms with Crippen LogP contribution in [0.3, 0.4) is 0 Å². The zero-order valence-electron chi connectivity index (χ0n) is 10.7. The normalized spacial score (nSPS) is 12.8. The molecule has 0 radical (unpaired) electrons. The molecule has 0 heterocycles. The summed E-state index contributed by atoms with van der Waals surface area (Å²) in [6, 6.07) is 18.7. The van der Waals surface area contributed by atoms with E-state index in [4.69, 9.17) is 18.0 Å². The zero-order chi connectivity index (χ0) is 14.4. The summed E-state index contributed by atoms with van der Waals surface area (Å²) in [5, 5.41) is 14.7. The molecule has 2 rings (SSSR count). The molecule has 0 bridgehead atoms. The van der Waals surface area contributed by atoms with Crippen molar-refractivity contribution in [1.29, 1.82) is 0 Å². The third-order valence-electron chi connectivity index (χ3n) is 2.73. The molecule has 2 aromatic carbocycles. The Morgan fingerprint density at radius 2 is 1.60 bits per heavy atom. The van der Waals surface area contributed by atoms with Gasteiger partial charge in [0.2, 0.25) is 0 Å². The van der Waals surface area contributed by atoms with Gasteiger partial charge in [-0.2, -0.15) is 5.10 Å². The Balaban J connectivity index is 2.37. The van der Waals surface area contributed by atoms with Crippen molar-refractivity contribution >= 4 is 23.0 Å². The molecule has 0 spiro atoms. The first-order chi connectivity index (χ1) is 9.68. The van der Waals surface area contributed by atoms with Gasteiger partial charge < -0.3 is 10.8 Å². The Bertz CT molecular complexity index is 599. The van der Waals surface area contributed by atoms with E-state index in [1.807, 2.05) is 60.7 Å². The van der Waals surface area contributed by atoms with Gasteiger partial charge in [-0.1, -0.05) is 60.7 Å². The van der Waals surface area contributed by atoms with E-state index in [0.717, 1.165) is 11.1 Å². The summed E-state index contributed by atoms with van der Waals surface area (Å²) in [6.07, 6.45) is -0.861. The number of hydrogen-bond acceptors (Lipinski definition) is 3. The summed E-state index contributed by atoms with van der Waals surface area (Å²) in [5.74, 6) is 0. The fourth-order valence-corrected chi connectivity index (χ4v) is 1.85. The standard InChI is InChI=1S/C15H15N3OS/c16-15(20)18-17-13(11-7-3-1-4-8-11)14(19)12-9-5-2-6-10-12/h1-10,14,19H,(H3,16,18,20)/b17-13-/t14-/m1/s1. The van der Waals surface area contributed by atoms with Gasteiger partial charge in [0, 0.05) is 5.56 Å². The maximum atomic E-state index is 10.5. The van der Waals surface area contributed by atoms with E-state index in [0.29, 0.717) is 5.71 Å². The third-order valence-corrected chi connectivity index (χ3v) is 2.82. The van der Waals surface area contributed by atoms with Gasteiger partial charge in [0.25, 0.3) is 0 Å². The lowest BCUT2D eigenvalue weighted by Gasteiger charge is -2.14. The van der Waals surface area contributed by atoms with E-state index in [2.05, 4.69) is 10.5 Å². The number of rotatable bonds is 4. The summed E-state index contributed by atoms with van der Waals surface area (Å²) >= 11 is 4.75. The van der Waals surface area contributed by atoms with E-state index in [-0.39, 0.29) is 5.11 Å². The Kier molecular flexibility index (Phi) is 4.81. The first-order valence-corrected chi connectivity index (χ1v) is 6.51. The van der Waals surface area contributed by atoms with Gasteiger partial charge in [0.15, 0.2) is 5.11 Å². The molecular formula is C15H15N3OS. The lowest BCUT2D eigenvalue weighted by atomic mass is 9.99. The van der Waals surface area contributed by atoms with Crippen LogP contribution in [0.1, 0.15) is 17.2 Å². The Morgan fingerprint density at radius 3 is 2.15 bits per heavy atom. The maximum absolute atomic E-state index is 10.5. The van der Waals surface area contributed by atoms with Crippen LogP contribution in [0.4, 0.5) is 0 Å². The minimum atomic E-state index is -0.861. The fourth-order valence-electron chi connectivity index (χ4n) is 1.80. The van der Waals surface area contributed by atoms with Crippen molar-refractivity contribution in [2.24, 2.45) is 10.8 Å². The van der Waals surface area contributed by atoms with Gasteiger partial charge in [0.1, 0.15) is 11.8 Å². The molecule has 5 heteroatoms. The third kappa shape index (κ3) is 3.63. The minimum Gasteiger partial charge on any atom is -0.382 e. The Hall–Kier alpha value is -2.24. The van der Waals surface area contributed by atoms with Gasteiger partial charge in [-0.15, -0.1) is 0 Å². The molecule has 0 aromatic heterocycles. The zero-order valence-corrected chi connectivity index (χ0v) is 11.5. The van der Waals surface area contributed by atoms with Crippen LogP contribution in [0.5, 0.6) is 0 Å². The van der Waals surface area contributed by atoms with E-state index in [1.54, 1.807) is 0 Å². The van der Waals surface area contributed by atoms with Gasteiger partial charge in [-0.3, -0.25) is 5.43 Å². The highest BCUT2D eigenvalue weighted by Gasteiger charge is 2.17. The molecule has 4 nitrogen and oxygen atoms in total. The summed E-state index contributed by atoms with van der Waals surface area (Å²) in [7, 11) is 0. The van der Waals surface area contributed by atoms with Crippen LogP contribution in [-0.2, 0) is 0 Å². The number of hydrogen-bond donors (Lipinski definition) is 3. The molecule has 0 amide bonds. The number of thiocarbonyl (C=S) groups is 1. The molecule has 0 aliphatic carbocycles. The molecule has 0 saturated carbocycles. The quantitative estimate of drug-likeness (QED) is 0.456. The van der Waals surface area contributed by atoms with Crippen molar-refractivity contribution in [2.75, 3.05) is 0 Å². The van der Waals surface area contributed by atoms with Gasteiger partial charge >= 0.3 is 0 Å². The average molecular weight is 285 g/mol. The second-order valence-corrected chi connectivity index (χ2v) is 4.59. The molecule has 0 fully saturated rings. The highest BCUT2D eigenvalue weighted by atomic mass is 32.1. The molecule has 20 heavy (non-hydrogen) atoms. The average Bonchev–Trinajstić information content (AvgIpc) is 2.49. The number of aliphatic hydroxyl groups excluding tert-OH is 1. The topological polar surface area (TPSA) is 70.6 Å². The number of nitrogens with one attached hydrogen (secondary N) is 1. The predicted molar refractivity (Wildman–Crippen MR) is 84.3 cm³/mol. The highest BCUT2D eigenvalue weighted by molar-refractivity contribution is 7.80. The summed E-state index contributed by atoms with van der Waals surface area (Å²) in [6.45, 7) is 0. The minimum absolute atomic E-state index is 0.0543. The number of benzene rings is 2. The van der Waals surface area contributed by atoms with Crippen molar-refractivity contribution in [3.05, 3.63) is 71.8 Å². The van der Waals surface area contributed by atoms with Crippen LogP contribution in [-0.4, -0.2) is 15.9 Å². The number of nitrogens with zero attached hydrogens (tertiary/aromatic N) is 1. The summed E-state index contributed by atoms with van der Waals surface area (Å²) in [5.41, 5.74) is 9.93. The Morgan fingerprint density at radius 1 is 1.05 bits per heavy atom. The SMILES string of the molecule is NC(=S)N/N=C(/c1ccccc1)[C@H](O)c1ccccc1. The van der Waals surface area contributed by atoms with Gasteiger partial charge in [-0.25, -0.2) is 0 Å². The van der Waals surface area contributed by atoms with E-state index in [1.165, 1.54) is 0 Å². The maximum Gasteiger partial charge on any atom is 0.184 e. The van der Waals surface area contributed by atoms with Crippen molar-refractivity contribution in [3.63, 3.8) is 0 Å². The van der Waals surface area contributed by atoms with Crippen molar-refractivity contribution in [2.45, 2.75) is 6.10 Å². The number of aliphatic hydroxyl groups is 1. The first-order valence-electron chi connectivity index (χ1n) is 6.10. The van der Waals surface area contributed by atoms with Crippen molar-refractivity contribution < 1.29 is 5.11 Å². The summed E-state index contributed by atoms with van der Waals surface area (Å²) < 4.78 is 0. The molecular weight excluding hydrogens is 270 g/mol. The van der Waals surface area contributed by atoms with Crippen LogP contribution in [0.15, 0.2) is 65.8 Å². The molecule has 0 aliphatic heterocycles. The lowest BCUT2D eigenvalue weighted by Crippen LogP contribution is -2.27. The van der Waals surface area contributed by atoms with Crippen molar-refractivity contribution in [1.82, 2.24) is 5.43 Å². The first kappa shape index (κ1) is 14.2. The van der Waals surface area contributed by atoms with E-state index < -0.39 is 6.10 Å². The smallest absolute Gasteiger partial charge is 0.184 e. The van der Waals surface area contributed by atoms with Crippen LogP contribution < -0.4 is 11.2 Å².